The summed E-state index contributed by atoms with van der Waals surface area (Å²) in [6.07, 6.45) is 4.28. The molecule has 17 heavy (non-hydrogen) atoms. The number of carbonyl (C=O) groups excluding carboxylic acids is 1. The third kappa shape index (κ3) is 3.36. The molecule has 0 atom stereocenters. The van der Waals surface area contributed by atoms with Gasteiger partial charge < -0.3 is 4.74 Å². The van der Waals surface area contributed by atoms with E-state index in [1.165, 1.54) is 0 Å². The number of benzene rings is 1. The Kier molecular flexibility index (Phi) is 4.30. The average Bonchev–Trinajstić information content (AvgIpc) is 2.83. The molecule has 0 spiro atoms. The first-order valence-corrected chi connectivity index (χ1v) is 6.53. The second-order valence-corrected chi connectivity index (χ2v) is 5.15. The Hall–Kier alpha value is -0.730. The van der Waals surface area contributed by atoms with E-state index in [2.05, 4.69) is 0 Å². The predicted molar refractivity (Wildman–Crippen MR) is 68.9 cm³/mol. The van der Waals surface area contributed by atoms with Crippen molar-refractivity contribution < 1.29 is 9.53 Å². The maximum atomic E-state index is 11.8. The highest BCUT2D eigenvalue weighted by atomic mass is 35.5. The molecule has 0 amide bonds. The Bertz CT molecular complexity index is 412. The highest BCUT2D eigenvalue weighted by Gasteiger charge is 2.22. The standard InChI is InChI=1S/C13H14Cl2O2/c14-10-5-6-11(15)13(7-10)17-8-12(16)9-3-1-2-4-9/h5-7,9H,1-4,8H2. The van der Waals surface area contributed by atoms with Gasteiger partial charge in [-0.05, 0) is 25.0 Å². The highest BCUT2D eigenvalue weighted by Crippen LogP contribution is 2.29. The van der Waals surface area contributed by atoms with Crippen LogP contribution >= 0.6 is 23.2 Å². The first kappa shape index (κ1) is 12.7. The van der Waals surface area contributed by atoms with Crippen LogP contribution in [0.1, 0.15) is 25.7 Å². The summed E-state index contributed by atoms with van der Waals surface area (Å²) in [6.45, 7) is 0.0880. The van der Waals surface area contributed by atoms with E-state index in [0.29, 0.717) is 15.8 Å². The normalized spacial score (nSPS) is 16.1. The quantitative estimate of drug-likeness (QED) is 0.824. The van der Waals surface area contributed by atoms with Gasteiger partial charge in [0.15, 0.2) is 5.78 Å². The van der Waals surface area contributed by atoms with Gasteiger partial charge in [0.05, 0.1) is 5.02 Å². The second kappa shape index (κ2) is 5.74. The first-order valence-electron chi connectivity index (χ1n) is 5.77. The van der Waals surface area contributed by atoms with Crippen LogP contribution in [0.4, 0.5) is 0 Å². The Balaban J connectivity index is 1.92. The van der Waals surface area contributed by atoms with Crippen molar-refractivity contribution in [2.24, 2.45) is 5.92 Å². The molecule has 2 nitrogen and oxygen atoms in total. The lowest BCUT2D eigenvalue weighted by atomic mass is 10.0. The number of halogens is 2. The molecule has 1 aliphatic carbocycles. The topological polar surface area (TPSA) is 26.3 Å². The third-order valence-corrected chi connectivity index (χ3v) is 3.62. The van der Waals surface area contributed by atoms with Gasteiger partial charge in [-0.2, -0.15) is 0 Å². The molecule has 92 valence electrons. The molecule has 1 fully saturated rings. The predicted octanol–water partition coefficient (Wildman–Crippen LogP) is 4.13. The molecule has 2 rings (SSSR count). The number of Topliss-reactive ketones (excluding diaryl/α,β-unsaturated/α-hetero) is 1. The lowest BCUT2D eigenvalue weighted by Crippen LogP contribution is -2.19. The molecule has 4 heteroatoms. The molecular formula is C13H14Cl2O2. The summed E-state index contributed by atoms with van der Waals surface area (Å²) < 4.78 is 5.43. The van der Waals surface area contributed by atoms with Crippen LogP contribution in [0.15, 0.2) is 18.2 Å². The average molecular weight is 273 g/mol. The van der Waals surface area contributed by atoms with Crippen molar-refractivity contribution in [1.29, 1.82) is 0 Å². The monoisotopic (exact) mass is 272 g/mol. The van der Waals surface area contributed by atoms with Crippen molar-refractivity contribution >= 4 is 29.0 Å². The third-order valence-electron chi connectivity index (χ3n) is 3.07. The summed E-state index contributed by atoms with van der Waals surface area (Å²) in [4.78, 5) is 11.8. The van der Waals surface area contributed by atoms with Crippen molar-refractivity contribution in [3.05, 3.63) is 28.2 Å². The molecule has 0 saturated heterocycles. The van der Waals surface area contributed by atoms with E-state index in [9.17, 15) is 4.79 Å². The minimum absolute atomic E-state index is 0.0880. The van der Waals surface area contributed by atoms with Crippen molar-refractivity contribution in [3.63, 3.8) is 0 Å². The fourth-order valence-electron chi connectivity index (χ4n) is 2.10. The van der Waals surface area contributed by atoms with Gasteiger partial charge in [-0.1, -0.05) is 36.0 Å². The zero-order valence-corrected chi connectivity index (χ0v) is 10.9. The minimum atomic E-state index is 0.0880. The lowest BCUT2D eigenvalue weighted by molar-refractivity contribution is -0.124. The van der Waals surface area contributed by atoms with E-state index in [1.54, 1.807) is 18.2 Å². The summed E-state index contributed by atoms with van der Waals surface area (Å²) in [6, 6.07) is 4.99. The molecule has 1 saturated carbocycles. The Morgan fingerprint density at radius 3 is 2.71 bits per heavy atom. The van der Waals surface area contributed by atoms with Crippen LogP contribution in [0.3, 0.4) is 0 Å². The van der Waals surface area contributed by atoms with Crippen LogP contribution in [0.2, 0.25) is 10.0 Å². The molecule has 0 aromatic heterocycles. The lowest BCUT2D eigenvalue weighted by Gasteiger charge is -2.10. The fourth-order valence-corrected chi connectivity index (χ4v) is 2.44. The van der Waals surface area contributed by atoms with Crippen molar-refractivity contribution in [2.45, 2.75) is 25.7 Å². The summed E-state index contributed by atoms with van der Waals surface area (Å²) in [7, 11) is 0. The Morgan fingerprint density at radius 2 is 2.00 bits per heavy atom. The molecule has 0 N–H and O–H groups in total. The van der Waals surface area contributed by atoms with Crippen LogP contribution in [0.25, 0.3) is 0 Å². The van der Waals surface area contributed by atoms with Gasteiger partial charge in [-0.3, -0.25) is 4.79 Å². The van der Waals surface area contributed by atoms with Crippen LogP contribution in [0.5, 0.6) is 5.75 Å². The molecule has 0 unspecified atom stereocenters. The van der Waals surface area contributed by atoms with Gasteiger partial charge in [0, 0.05) is 17.0 Å². The van der Waals surface area contributed by atoms with Crippen molar-refractivity contribution in [3.8, 4) is 5.75 Å². The van der Waals surface area contributed by atoms with Crippen LogP contribution in [-0.2, 0) is 4.79 Å². The van der Waals surface area contributed by atoms with E-state index < -0.39 is 0 Å². The first-order chi connectivity index (χ1) is 8.16. The largest absolute Gasteiger partial charge is 0.484 e. The maximum Gasteiger partial charge on any atom is 0.173 e. The van der Waals surface area contributed by atoms with E-state index >= 15 is 0 Å². The molecule has 1 aromatic carbocycles. The number of hydrogen-bond acceptors (Lipinski definition) is 2. The molecular weight excluding hydrogens is 259 g/mol. The van der Waals surface area contributed by atoms with E-state index in [1.807, 2.05) is 0 Å². The zero-order chi connectivity index (χ0) is 12.3. The number of hydrogen-bond donors (Lipinski definition) is 0. The Labute approximate surface area is 111 Å². The number of rotatable bonds is 4. The van der Waals surface area contributed by atoms with Crippen molar-refractivity contribution in [2.75, 3.05) is 6.61 Å². The molecule has 0 aliphatic heterocycles. The number of ketones is 1. The van der Waals surface area contributed by atoms with Gasteiger partial charge in [0.1, 0.15) is 12.4 Å². The van der Waals surface area contributed by atoms with E-state index in [0.717, 1.165) is 25.7 Å². The maximum absolute atomic E-state index is 11.8. The second-order valence-electron chi connectivity index (χ2n) is 4.31. The fraction of sp³-hybridized carbons (Fsp3) is 0.462. The summed E-state index contributed by atoms with van der Waals surface area (Å²) >= 11 is 11.8. The van der Waals surface area contributed by atoms with Crippen LogP contribution in [-0.4, -0.2) is 12.4 Å². The molecule has 0 radical (unpaired) electrons. The number of ether oxygens (including phenoxy) is 1. The van der Waals surface area contributed by atoms with Gasteiger partial charge in [0.2, 0.25) is 0 Å². The molecule has 0 bridgehead atoms. The number of carbonyl (C=O) groups is 1. The summed E-state index contributed by atoms with van der Waals surface area (Å²) in [5, 5.41) is 1.03. The van der Waals surface area contributed by atoms with E-state index in [4.69, 9.17) is 27.9 Å². The van der Waals surface area contributed by atoms with Gasteiger partial charge >= 0.3 is 0 Å². The Morgan fingerprint density at radius 1 is 1.29 bits per heavy atom. The van der Waals surface area contributed by atoms with Gasteiger partial charge in [-0.15, -0.1) is 0 Å². The smallest absolute Gasteiger partial charge is 0.173 e. The van der Waals surface area contributed by atoms with E-state index in [-0.39, 0.29) is 18.3 Å². The molecule has 1 aliphatic rings. The minimum Gasteiger partial charge on any atom is -0.484 e. The highest BCUT2D eigenvalue weighted by molar-refractivity contribution is 6.34. The van der Waals surface area contributed by atoms with Gasteiger partial charge in [-0.25, -0.2) is 0 Å². The van der Waals surface area contributed by atoms with Crippen LogP contribution < -0.4 is 4.74 Å². The van der Waals surface area contributed by atoms with Gasteiger partial charge in [0.25, 0.3) is 0 Å². The van der Waals surface area contributed by atoms with Crippen LogP contribution in [0, 0.1) is 5.92 Å². The zero-order valence-electron chi connectivity index (χ0n) is 9.42. The SMILES string of the molecule is O=C(COc1cc(Cl)ccc1Cl)C1CCCC1. The van der Waals surface area contributed by atoms with Crippen molar-refractivity contribution in [1.82, 2.24) is 0 Å². The molecule has 1 aromatic rings. The molecule has 0 heterocycles. The summed E-state index contributed by atoms with van der Waals surface area (Å²) in [5.74, 6) is 0.817. The summed E-state index contributed by atoms with van der Waals surface area (Å²) in [5.41, 5.74) is 0.